The molecule has 0 aliphatic heterocycles. The van der Waals surface area contributed by atoms with Crippen molar-refractivity contribution in [3.63, 3.8) is 0 Å². The minimum Gasteiger partial charge on any atom is -0.309 e. The SMILES string of the molecule is Cc1c(Cn2cc(Br)cc(Br)c2=O)cccc1[N+](=O)[O-]. The van der Waals surface area contributed by atoms with Crippen LogP contribution in [0.2, 0.25) is 0 Å². The van der Waals surface area contributed by atoms with Gasteiger partial charge in [-0.25, -0.2) is 0 Å². The number of benzene rings is 1. The summed E-state index contributed by atoms with van der Waals surface area (Å²) >= 11 is 6.51. The zero-order chi connectivity index (χ0) is 14.9. The van der Waals surface area contributed by atoms with Crippen LogP contribution in [-0.2, 0) is 6.54 Å². The molecule has 0 bridgehead atoms. The lowest BCUT2D eigenvalue weighted by molar-refractivity contribution is -0.385. The smallest absolute Gasteiger partial charge is 0.272 e. The van der Waals surface area contributed by atoms with Gasteiger partial charge in [0.15, 0.2) is 0 Å². The number of aromatic nitrogens is 1. The molecule has 0 atom stereocenters. The summed E-state index contributed by atoms with van der Waals surface area (Å²) in [5.41, 5.74) is 1.19. The van der Waals surface area contributed by atoms with E-state index in [1.165, 1.54) is 10.6 Å². The lowest BCUT2D eigenvalue weighted by atomic mass is 10.1. The molecule has 0 fully saturated rings. The van der Waals surface area contributed by atoms with Crippen LogP contribution in [0, 0.1) is 17.0 Å². The Labute approximate surface area is 131 Å². The molecule has 0 aliphatic carbocycles. The highest BCUT2D eigenvalue weighted by molar-refractivity contribution is 9.11. The highest BCUT2D eigenvalue weighted by Crippen LogP contribution is 2.22. The van der Waals surface area contributed by atoms with E-state index in [1.54, 1.807) is 31.3 Å². The molecule has 0 spiro atoms. The summed E-state index contributed by atoms with van der Waals surface area (Å²) in [5, 5.41) is 10.9. The first-order chi connectivity index (χ1) is 9.40. The molecule has 0 saturated carbocycles. The number of nitrogens with zero attached hydrogens (tertiary/aromatic N) is 2. The first kappa shape index (κ1) is 14.9. The minimum absolute atomic E-state index is 0.0598. The summed E-state index contributed by atoms with van der Waals surface area (Å²) in [6.45, 7) is 1.97. The molecule has 0 unspecified atom stereocenters. The molecule has 2 rings (SSSR count). The summed E-state index contributed by atoms with van der Waals surface area (Å²) in [5.74, 6) is 0. The van der Waals surface area contributed by atoms with Crippen LogP contribution in [0.5, 0.6) is 0 Å². The van der Waals surface area contributed by atoms with Crippen molar-refractivity contribution in [1.29, 1.82) is 0 Å². The molecule has 0 aliphatic rings. The van der Waals surface area contributed by atoms with E-state index in [0.29, 0.717) is 10.0 Å². The Balaban J connectivity index is 2.48. The van der Waals surface area contributed by atoms with Gasteiger partial charge in [-0.15, -0.1) is 0 Å². The van der Waals surface area contributed by atoms with Gasteiger partial charge in [0.25, 0.3) is 11.2 Å². The van der Waals surface area contributed by atoms with Crippen molar-refractivity contribution in [1.82, 2.24) is 4.57 Å². The van der Waals surface area contributed by atoms with Crippen LogP contribution in [0.1, 0.15) is 11.1 Å². The van der Waals surface area contributed by atoms with Crippen molar-refractivity contribution in [3.8, 4) is 0 Å². The molecule has 20 heavy (non-hydrogen) atoms. The van der Waals surface area contributed by atoms with Crippen molar-refractivity contribution in [2.45, 2.75) is 13.5 Å². The molecule has 7 heteroatoms. The molecule has 104 valence electrons. The maximum atomic E-state index is 12.0. The van der Waals surface area contributed by atoms with Gasteiger partial charge in [-0.05, 0) is 50.4 Å². The Morgan fingerprint density at radius 2 is 2.05 bits per heavy atom. The van der Waals surface area contributed by atoms with Gasteiger partial charge >= 0.3 is 0 Å². The van der Waals surface area contributed by atoms with Crippen LogP contribution >= 0.6 is 31.9 Å². The van der Waals surface area contributed by atoms with E-state index >= 15 is 0 Å². The van der Waals surface area contributed by atoms with Crippen molar-refractivity contribution < 1.29 is 4.92 Å². The second kappa shape index (κ2) is 5.88. The van der Waals surface area contributed by atoms with E-state index in [1.807, 2.05) is 0 Å². The monoisotopic (exact) mass is 400 g/mol. The summed E-state index contributed by atoms with van der Waals surface area (Å²) in [6, 6.07) is 6.53. The summed E-state index contributed by atoms with van der Waals surface area (Å²) in [6.07, 6.45) is 1.66. The lowest BCUT2D eigenvalue weighted by Crippen LogP contribution is -2.21. The number of rotatable bonds is 3. The van der Waals surface area contributed by atoms with Gasteiger partial charge < -0.3 is 4.57 Å². The fourth-order valence-electron chi connectivity index (χ4n) is 1.90. The standard InChI is InChI=1S/C13H10Br2N2O3/c1-8-9(3-2-4-12(8)17(19)20)6-16-7-10(14)5-11(15)13(16)18/h2-5,7H,6H2,1H3. The molecule has 1 aromatic heterocycles. The number of nitro groups is 1. The van der Waals surface area contributed by atoms with Crippen molar-refractivity contribution >= 4 is 37.5 Å². The topological polar surface area (TPSA) is 65.1 Å². The zero-order valence-corrected chi connectivity index (χ0v) is 13.6. The van der Waals surface area contributed by atoms with E-state index in [9.17, 15) is 14.9 Å². The Kier molecular flexibility index (Phi) is 4.39. The number of hydrogen-bond acceptors (Lipinski definition) is 3. The molecular weight excluding hydrogens is 392 g/mol. The van der Waals surface area contributed by atoms with Gasteiger partial charge in [0.1, 0.15) is 0 Å². The van der Waals surface area contributed by atoms with Gasteiger partial charge in [-0.2, -0.15) is 0 Å². The van der Waals surface area contributed by atoms with Gasteiger partial charge in [-0.3, -0.25) is 14.9 Å². The molecular formula is C13H10Br2N2O3. The zero-order valence-electron chi connectivity index (χ0n) is 10.5. The van der Waals surface area contributed by atoms with Crippen molar-refractivity contribution in [3.05, 3.63) is 71.0 Å². The molecule has 0 N–H and O–H groups in total. The van der Waals surface area contributed by atoms with Gasteiger partial charge in [0.05, 0.1) is 15.9 Å². The van der Waals surface area contributed by atoms with Crippen LogP contribution in [0.25, 0.3) is 0 Å². The largest absolute Gasteiger partial charge is 0.309 e. The van der Waals surface area contributed by atoms with E-state index < -0.39 is 4.92 Å². The molecule has 0 saturated heterocycles. The van der Waals surface area contributed by atoms with E-state index in [0.717, 1.165) is 10.0 Å². The third kappa shape index (κ3) is 2.99. The second-order valence-electron chi connectivity index (χ2n) is 4.26. The molecule has 0 amide bonds. The highest BCUT2D eigenvalue weighted by atomic mass is 79.9. The molecule has 2 aromatic rings. The van der Waals surface area contributed by atoms with Crippen LogP contribution in [-0.4, -0.2) is 9.49 Å². The molecule has 5 nitrogen and oxygen atoms in total. The van der Waals surface area contributed by atoms with Gasteiger partial charge in [0, 0.05) is 22.3 Å². The predicted octanol–water partition coefficient (Wildman–Crippen LogP) is 3.64. The number of nitro benzene ring substituents is 1. The Morgan fingerprint density at radius 1 is 1.35 bits per heavy atom. The molecule has 1 heterocycles. The van der Waals surface area contributed by atoms with Crippen LogP contribution < -0.4 is 5.56 Å². The number of hydrogen-bond donors (Lipinski definition) is 0. The quantitative estimate of drug-likeness (QED) is 0.582. The lowest BCUT2D eigenvalue weighted by Gasteiger charge is -2.10. The van der Waals surface area contributed by atoms with Gasteiger partial charge in [-0.1, -0.05) is 12.1 Å². The molecule has 1 aromatic carbocycles. The van der Waals surface area contributed by atoms with Gasteiger partial charge in [0.2, 0.25) is 0 Å². The Morgan fingerprint density at radius 3 is 2.70 bits per heavy atom. The second-order valence-corrected chi connectivity index (χ2v) is 6.03. The van der Waals surface area contributed by atoms with E-state index in [2.05, 4.69) is 31.9 Å². The normalized spacial score (nSPS) is 10.6. The summed E-state index contributed by atoms with van der Waals surface area (Å²) in [7, 11) is 0. The molecule has 0 radical (unpaired) electrons. The minimum atomic E-state index is -0.418. The Bertz CT molecular complexity index is 741. The number of pyridine rings is 1. The third-order valence-electron chi connectivity index (χ3n) is 2.96. The average molecular weight is 402 g/mol. The first-order valence-corrected chi connectivity index (χ1v) is 7.27. The fourth-order valence-corrected chi connectivity index (χ4v) is 3.16. The van der Waals surface area contributed by atoms with Crippen molar-refractivity contribution in [2.75, 3.05) is 0 Å². The summed E-state index contributed by atoms with van der Waals surface area (Å²) in [4.78, 5) is 22.5. The van der Waals surface area contributed by atoms with E-state index in [4.69, 9.17) is 0 Å². The third-order valence-corrected chi connectivity index (χ3v) is 3.97. The maximum Gasteiger partial charge on any atom is 0.272 e. The highest BCUT2D eigenvalue weighted by Gasteiger charge is 2.14. The fraction of sp³-hybridized carbons (Fsp3) is 0.154. The Hall–Kier alpha value is -1.47. The predicted molar refractivity (Wildman–Crippen MR) is 83.0 cm³/mol. The van der Waals surface area contributed by atoms with E-state index in [-0.39, 0.29) is 17.8 Å². The van der Waals surface area contributed by atoms with Crippen LogP contribution in [0.4, 0.5) is 5.69 Å². The summed E-state index contributed by atoms with van der Waals surface area (Å²) < 4.78 is 2.70. The first-order valence-electron chi connectivity index (χ1n) is 5.68. The maximum absolute atomic E-state index is 12.0. The average Bonchev–Trinajstić information content (AvgIpc) is 2.37. The van der Waals surface area contributed by atoms with Crippen LogP contribution in [0.15, 0.2) is 44.2 Å². The number of halogens is 2. The van der Waals surface area contributed by atoms with Crippen molar-refractivity contribution in [2.24, 2.45) is 0 Å². The van der Waals surface area contributed by atoms with Crippen LogP contribution in [0.3, 0.4) is 0 Å².